The van der Waals surface area contributed by atoms with Crippen molar-refractivity contribution in [3.8, 4) is 0 Å². The molecule has 1 nitrogen and oxygen atoms in total. The van der Waals surface area contributed by atoms with Crippen molar-refractivity contribution in [2.45, 2.75) is 32.6 Å². The second-order valence-corrected chi connectivity index (χ2v) is 3.85. The van der Waals surface area contributed by atoms with Gasteiger partial charge in [0.15, 0.2) is 0 Å². The molecule has 1 aliphatic heterocycles. The van der Waals surface area contributed by atoms with Gasteiger partial charge in [-0.05, 0) is 25.7 Å². The number of hydrogen-bond donors (Lipinski definition) is 0. The van der Waals surface area contributed by atoms with E-state index in [1.54, 1.807) is 0 Å². The molecule has 0 atom stereocenters. The summed E-state index contributed by atoms with van der Waals surface area (Å²) in [5.74, 6) is 0. The van der Waals surface area contributed by atoms with Gasteiger partial charge >= 0.3 is 0 Å². The summed E-state index contributed by atoms with van der Waals surface area (Å²) in [7, 11) is 2.41. The molecule has 68 valence electrons. The monoisotopic (exact) mass is 221 g/mol. The van der Waals surface area contributed by atoms with E-state index in [0.29, 0.717) is 0 Å². The number of piperidine rings is 1. The Balaban J connectivity index is 0.000001000. The molecule has 1 fully saturated rings. The Labute approximate surface area is 81.1 Å². The van der Waals surface area contributed by atoms with Crippen LogP contribution in [0.5, 0.6) is 0 Å². The van der Waals surface area contributed by atoms with Gasteiger partial charge in [0.1, 0.15) is 0 Å². The second kappa shape index (κ2) is 5.15. The number of nitrogens with zero attached hydrogens (tertiary/aromatic N) is 1. The Bertz CT molecular complexity index is 92.2. The zero-order chi connectivity index (χ0) is 7.45. The van der Waals surface area contributed by atoms with Crippen molar-refractivity contribution in [3.63, 3.8) is 0 Å². The number of rotatable bonds is 2. The normalized spacial score (nSPS) is 22.4. The van der Waals surface area contributed by atoms with Gasteiger partial charge in [0.2, 0.25) is 0 Å². The summed E-state index contributed by atoms with van der Waals surface area (Å²) < 4.78 is 1.34. The topological polar surface area (TPSA) is 0 Å². The standard InChI is InChI=1S/C9H20N.BrH/c1-3-7-10(2)8-5-4-6-9-10;/h3-9H2,1-2H3;1H/q+1;/p-1. The Morgan fingerprint density at radius 1 is 1.09 bits per heavy atom. The van der Waals surface area contributed by atoms with Crippen LogP contribution in [0, 0.1) is 0 Å². The molecule has 0 aromatic heterocycles. The first-order valence-electron chi connectivity index (χ1n) is 4.60. The van der Waals surface area contributed by atoms with Gasteiger partial charge in [-0.3, -0.25) is 0 Å². The largest absolute Gasteiger partial charge is 1.00 e. The average molecular weight is 222 g/mol. The zero-order valence-corrected chi connectivity index (χ0v) is 9.36. The molecule has 0 saturated carbocycles. The lowest BCUT2D eigenvalue weighted by atomic mass is 10.1. The van der Waals surface area contributed by atoms with Gasteiger partial charge in [-0.1, -0.05) is 6.92 Å². The molecule has 0 aromatic carbocycles. The summed E-state index contributed by atoms with van der Waals surface area (Å²) in [6.45, 7) is 6.53. The van der Waals surface area contributed by atoms with Crippen molar-refractivity contribution < 1.29 is 21.5 Å². The van der Waals surface area contributed by atoms with Crippen molar-refractivity contribution in [3.05, 3.63) is 0 Å². The number of likely N-dealkylation sites (tertiary alicyclic amines) is 1. The molecule has 0 spiro atoms. The second-order valence-electron chi connectivity index (χ2n) is 3.85. The van der Waals surface area contributed by atoms with E-state index in [1.165, 1.54) is 49.8 Å². The summed E-state index contributed by atoms with van der Waals surface area (Å²) in [5.41, 5.74) is 0. The van der Waals surface area contributed by atoms with Gasteiger partial charge in [-0.2, -0.15) is 0 Å². The fraction of sp³-hybridized carbons (Fsp3) is 1.00. The third kappa shape index (κ3) is 3.57. The summed E-state index contributed by atoms with van der Waals surface area (Å²) in [5, 5.41) is 0. The summed E-state index contributed by atoms with van der Waals surface area (Å²) in [4.78, 5) is 0. The highest BCUT2D eigenvalue weighted by molar-refractivity contribution is 4.50. The van der Waals surface area contributed by atoms with Crippen LogP contribution >= 0.6 is 0 Å². The van der Waals surface area contributed by atoms with Crippen molar-refractivity contribution in [2.24, 2.45) is 0 Å². The molecule has 0 amide bonds. The first kappa shape index (κ1) is 11.4. The van der Waals surface area contributed by atoms with Crippen LogP contribution in [0.4, 0.5) is 0 Å². The van der Waals surface area contributed by atoms with Crippen LogP contribution in [-0.2, 0) is 0 Å². The molecule has 1 rings (SSSR count). The first-order valence-corrected chi connectivity index (χ1v) is 4.60. The molecule has 0 unspecified atom stereocenters. The maximum Gasteiger partial charge on any atom is 0.0784 e. The van der Waals surface area contributed by atoms with Crippen LogP contribution in [0.3, 0.4) is 0 Å². The van der Waals surface area contributed by atoms with Gasteiger partial charge in [-0.25, -0.2) is 0 Å². The van der Waals surface area contributed by atoms with E-state index in [1.807, 2.05) is 0 Å². The minimum Gasteiger partial charge on any atom is -1.00 e. The third-order valence-electron chi connectivity index (χ3n) is 2.66. The van der Waals surface area contributed by atoms with Gasteiger partial charge in [0.05, 0.1) is 26.7 Å². The molecule has 1 saturated heterocycles. The summed E-state index contributed by atoms with van der Waals surface area (Å²) >= 11 is 0. The van der Waals surface area contributed by atoms with E-state index in [9.17, 15) is 0 Å². The highest BCUT2D eigenvalue weighted by Gasteiger charge is 2.22. The highest BCUT2D eigenvalue weighted by atomic mass is 79.9. The molecular formula is C9H20BrN. The molecule has 0 bridgehead atoms. The van der Waals surface area contributed by atoms with E-state index < -0.39 is 0 Å². The minimum atomic E-state index is 0. The number of halogens is 1. The maximum atomic E-state index is 2.41. The zero-order valence-electron chi connectivity index (χ0n) is 7.77. The quantitative estimate of drug-likeness (QED) is 0.527. The predicted molar refractivity (Wildman–Crippen MR) is 44.9 cm³/mol. The SMILES string of the molecule is CCC[N+]1(C)CCCCC1.[Br-]. The minimum absolute atomic E-state index is 0. The van der Waals surface area contributed by atoms with Crippen LogP contribution in [0.1, 0.15) is 32.6 Å². The van der Waals surface area contributed by atoms with Crippen LogP contribution < -0.4 is 17.0 Å². The van der Waals surface area contributed by atoms with Gasteiger partial charge in [-0.15, -0.1) is 0 Å². The number of quaternary nitrogens is 1. The lowest BCUT2D eigenvalue weighted by Crippen LogP contribution is -3.00. The van der Waals surface area contributed by atoms with Crippen molar-refractivity contribution in [1.82, 2.24) is 0 Å². The van der Waals surface area contributed by atoms with Crippen molar-refractivity contribution >= 4 is 0 Å². The van der Waals surface area contributed by atoms with Crippen LogP contribution in [-0.4, -0.2) is 31.2 Å². The van der Waals surface area contributed by atoms with Crippen molar-refractivity contribution in [1.29, 1.82) is 0 Å². The Hall–Kier alpha value is 0.440. The molecule has 2 heteroatoms. The molecular weight excluding hydrogens is 202 g/mol. The van der Waals surface area contributed by atoms with E-state index in [2.05, 4.69) is 14.0 Å². The van der Waals surface area contributed by atoms with Gasteiger partial charge in [0, 0.05) is 0 Å². The molecule has 0 N–H and O–H groups in total. The maximum absolute atomic E-state index is 2.41. The molecule has 0 radical (unpaired) electrons. The Kier molecular flexibility index (Phi) is 5.36. The molecule has 1 aliphatic rings. The fourth-order valence-corrected chi connectivity index (χ4v) is 2.04. The van der Waals surface area contributed by atoms with E-state index >= 15 is 0 Å². The van der Waals surface area contributed by atoms with E-state index in [0.717, 1.165) is 0 Å². The highest BCUT2D eigenvalue weighted by Crippen LogP contribution is 2.15. The predicted octanol–water partition coefficient (Wildman–Crippen LogP) is -0.969. The van der Waals surface area contributed by atoms with E-state index in [-0.39, 0.29) is 17.0 Å². The summed E-state index contributed by atoms with van der Waals surface area (Å²) in [6, 6.07) is 0. The van der Waals surface area contributed by atoms with E-state index in [4.69, 9.17) is 0 Å². The lowest BCUT2D eigenvalue weighted by molar-refractivity contribution is -0.914. The smallest absolute Gasteiger partial charge is 0.0784 e. The van der Waals surface area contributed by atoms with Crippen LogP contribution in [0.15, 0.2) is 0 Å². The number of hydrogen-bond acceptors (Lipinski definition) is 0. The molecule has 0 aromatic rings. The fourth-order valence-electron chi connectivity index (χ4n) is 2.04. The Morgan fingerprint density at radius 2 is 1.64 bits per heavy atom. The third-order valence-corrected chi connectivity index (χ3v) is 2.66. The van der Waals surface area contributed by atoms with Crippen molar-refractivity contribution in [2.75, 3.05) is 26.7 Å². The van der Waals surface area contributed by atoms with Gasteiger partial charge in [0.25, 0.3) is 0 Å². The van der Waals surface area contributed by atoms with Crippen LogP contribution in [0.2, 0.25) is 0 Å². The Morgan fingerprint density at radius 3 is 2.09 bits per heavy atom. The summed E-state index contributed by atoms with van der Waals surface area (Å²) in [6.07, 6.45) is 5.72. The molecule has 1 heterocycles. The molecule has 11 heavy (non-hydrogen) atoms. The average Bonchev–Trinajstić information content (AvgIpc) is 1.89. The molecule has 0 aliphatic carbocycles. The lowest BCUT2D eigenvalue weighted by Gasteiger charge is -2.37. The van der Waals surface area contributed by atoms with Crippen LogP contribution in [0.25, 0.3) is 0 Å². The first-order chi connectivity index (χ1) is 4.77. The van der Waals surface area contributed by atoms with Gasteiger partial charge < -0.3 is 21.5 Å².